The van der Waals surface area contributed by atoms with Crippen molar-refractivity contribution in [3.05, 3.63) is 20.8 Å². The van der Waals surface area contributed by atoms with Crippen molar-refractivity contribution in [2.45, 2.75) is 12.6 Å². The maximum absolute atomic E-state index is 3.52. The molecule has 0 aliphatic carbocycles. The van der Waals surface area contributed by atoms with E-state index in [1.165, 1.54) is 20.9 Å². The van der Waals surface area contributed by atoms with Crippen LogP contribution in [0.25, 0.3) is 0 Å². The summed E-state index contributed by atoms with van der Waals surface area (Å²) >= 11 is 7.31. The van der Waals surface area contributed by atoms with E-state index in [0.29, 0.717) is 6.04 Å². The van der Waals surface area contributed by atoms with Crippen molar-refractivity contribution in [3.63, 3.8) is 0 Å². The number of hydrogen-bond acceptors (Lipinski definition) is 4. The lowest BCUT2D eigenvalue weighted by Gasteiger charge is -2.23. The fourth-order valence-corrected chi connectivity index (χ4v) is 3.94. The summed E-state index contributed by atoms with van der Waals surface area (Å²) in [4.78, 5) is 1.39. The second-order valence-corrected chi connectivity index (χ2v) is 6.65. The van der Waals surface area contributed by atoms with Gasteiger partial charge < -0.3 is 10.6 Å². The van der Waals surface area contributed by atoms with Gasteiger partial charge in [0.2, 0.25) is 0 Å². The van der Waals surface area contributed by atoms with Crippen molar-refractivity contribution in [3.8, 4) is 0 Å². The van der Waals surface area contributed by atoms with Gasteiger partial charge in [-0.15, -0.1) is 11.3 Å². The van der Waals surface area contributed by atoms with Crippen molar-refractivity contribution >= 4 is 39.0 Å². The van der Waals surface area contributed by atoms with Crippen molar-refractivity contribution < 1.29 is 0 Å². The van der Waals surface area contributed by atoms with Crippen LogP contribution in [0.3, 0.4) is 0 Å². The molecule has 1 aromatic rings. The Morgan fingerprint density at radius 1 is 1.60 bits per heavy atom. The van der Waals surface area contributed by atoms with E-state index in [-0.39, 0.29) is 0 Å². The fourth-order valence-electron chi connectivity index (χ4n) is 1.57. The molecule has 2 heterocycles. The molecule has 5 heteroatoms. The molecule has 0 aromatic carbocycles. The van der Waals surface area contributed by atoms with E-state index >= 15 is 0 Å². The summed E-state index contributed by atoms with van der Waals surface area (Å²) in [7, 11) is 0. The van der Waals surface area contributed by atoms with Gasteiger partial charge in [-0.1, -0.05) is 0 Å². The molecule has 1 unspecified atom stereocenters. The van der Waals surface area contributed by atoms with E-state index in [0.717, 1.165) is 19.6 Å². The summed E-state index contributed by atoms with van der Waals surface area (Å²) in [5.74, 6) is 2.50. The van der Waals surface area contributed by atoms with Crippen LogP contribution in [0.1, 0.15) is 4.88 Å². The third-order valence-electron chi connectivity index (χ3n) is 2.31. The van der Waals surface area contributed by atoms with Crippen LogP contribution in [0, 0.1) is 0 Å². The van der Waals surface area contributed by atoms with Gasteiger partial charge in [-0.2, -0.15) is 11.8 Å². The third kappa shape index (κ3) is 4.07. The Morgan fingerprint density at radius 3 is 3.20 bits per heavy atom. The summed E-state index contributed by atoms with van der Waals surface area (Å²) in [6.07, 6.45) is 0. The molecule has 1 atom stereocenters. The standard InChI is InChI=1S/C10H15BrN2S2/c11-8-3-10(15-6-8)5-12-4-9-7-14-2-1-13-9/h3,6,9,12-13H,1-2,4-5,7H2. The van der Waals surface area contributed by atoms with Gasteiger partial charge in [-0.05, 0) is 22.0 Å². The molecule has 1 fully saturated rings. The van der Waals surface area contributed by atoms with Gasteiger partial charge in [0, 0.05) is 51.9 Å². The van der Waals surface area contributed by atoms with Crippen LogP contribution in [-0.2, 0) is 6.54 Å². The summed E-state index contributed by atoms with van der Waals surface area (Å²) in [6.45, 7) is 3.21. The Bertz CT molecular complexity index is 297. The van der Waals surface area contributed by atoms with Gasteiger partial charge in [0.05, 0.1) is 0 Å². The first-order valence-corrected chi connectivity index (χ1v) is 7.92. The Balaban J connectivity index is 1.65. The zero-order valence-electron chi connectivity index (χ0n) is 8.46. The number of thiophene rings is 1. The zero-order valence-corrected chi connectivity index (χ0v) is 11.7. The van der Waals surface area contributed by atoms with Crippen LogP contribution < -0.4 is 10.6 Å². The van der Waals surface area contributed by atoms with E-state index in [1.807, 2.05) is 11.8 Å². The first-order chi connectivity index (χ1) is 7.34. The van der Waals surface area contributed by atoms with Crippen LogP contribution in [-0.4, -0.2) is 30.6 Å². The molecule has 0 spiro atoms. The lowest BCUT2D eigenvalue weighted by Crippen LogP contribution is -2.44. The van der Waals surface area contributed by atoms with Crippen molar-refractivity contribution in [2.24, 2.45) is 0 Å². The molecule has 2 N–H and O–H groups in total. The lowest BCUT2D eigenvalue weighted by atomic mass is 10.3. The van der Waals surface area contributed by atoms with Crippen molar-refractivity contribution in [1.82, 2.24) is 10.6 Å². The molecule has 0 radical (unpaired) electrons. The van der Waals surface area contributed by atoms with E-state index in [2.05, 4.69) is 38.0 Å². The molecule has 1 aliphatic rings. The summed E-state index contributed by atoms with van der Waals surface area (Å²) in [5, 5.41) is 9.15. The Hall–Kier alpha value is 0.450. The maximum atomic E-state index is 3.52. The minimum Gasteiger partial charge on any atom is -0.311 e. The average molecular weight is 307 g/mol. The molecule has 0 bridgehead atoms. The Kier molecular flexibility index (Phi) is 4.97. The van der Waals surface area contributed by atoms with E-state index in [1.54, 1.807) is 11.3 Å². The molecule has 0 amide bonds. The molecule has 1 aliphatic heterocycles. The van der Waals surface area contributed by atoms with Gasteiger partial charge >= 0.3 is 0 Å². The van der Waals surface area contributed by atoms with Gasteiger partial charge in [0.1, 0.15) is 0 Å². The zero-order chi connectivity index (χ0) is 10.5. The highest BCUT2D eigenvalue weighted by atomic mass is 79.9. The number of nitrogens with one attached hydrogen (secondary N) is 2. The minimum absolute atomic E-state index is 0.646. The normalized spacial score (nSPS) is 21.8. The highest BCUT2D eigenvalue weighted by molar-refractivity contribution is 9.10. The van der Waals surface area contributed by atoms with Gasteiger partial charge in [0.25, 0.3) is 0 Å². The number of hydrogen-bond donors (Lipinski definition) is 2. The highest BCUT2D eigenvalue weighted by Crippen LogP contribution is 2.19. The molecule has 1 saturated heterocycles. The van der Waals surface area contributed by atoms with E-state index < -0.39 is 0 Å². The van der Waals surface area contributed by atoms with Gasteiger partial charge in [0.15, 0.2) is 0 Å². The van der Waals surface area contributed by atoms with Gasteiger partial charge in [-0.25, -0.2) is 0 Å². The summed E-state index contributed by atoms with van der Waals surface area (Å²) < 4.78 is 1.19. The Morgan fingerprint density at radius 2 is 2.53 bits per heavy atom. The first kappa shape index (κ1) is 11.9. The summed E-state index contributed by atoms with van der Waals surface area (Å²) in [5.41, 5.74) is 0. The van der Waals surface area contributed by atoms with Crippen LogP contribution in [0.5, 0.6) is 0 Å². The van der Waals surface area contributed by atoms with E-state index in [4.69, 9.17) is 0 Å². The second kappa shape index (κ2) is 6.25. The average Bonchev–Trinajstić information content (AvgIpc) is 2.66. The fraction of sp³-hybridized carbons (Fsp3) is 0.600. The predicted molar refractivity (Wildman–Crippen MR) is 72.8 cm³/mol. The number of halogens is 1. The van der Waals surface area contributed by atoms with E-state index in [9.17, 15) is 0 Å². The maximum Gasteiger partial charge on any atom is 0.0300 e. The monoisotopic (exact) mass is 306 g/mol. The smallest absolute Gasteiger partial charge is 0.0300 e. The largest absolute Gasteiger partial charge is 0.311 e. The summed E-state index contributed by atoms with van der Waals surface area (Å²) in [6, 6.07) is 2.83. The first-order valence-electron chi connectivity index (χ1n) is 5.09. The minimum atomic E-state index is 0.646. The highest BCUT2D eigenvalue weighted by Gasteiger charge is 2.11. The second-order valence-electron chi connectivity index (χ2n) is 3.59. The lowest BCUT2D eigenvalue weighted by molar-refractivity contribution is 0.515. The molecule has 1 aromatic heterocycles. The Labute approximate surface area is 107 Å². The molecule has 2 nitrogen and oxygen atoms in total. The van der Waals surface area contributed by atoms with Crippen molar-refractivity contribution in [1.29, 1.82) is 0 Å². The van der Waals surface area contributed by atoms with Gasteiger partial charge in [-0.3, -0.25) is 0 Å². The van der Waals surface area contributed by atoms with Crippen LogP contribution in [0.4, 0.5) is 0 Å². The quantitative estimate of drug-likeness (QED) is 0.892. The molecule has 0 saturated carbocycles. The molecule has 84 valence electrons. The molecular formula is C10H15BrN2S2. The van der Waals surface area contributed by atoms with Crippen LogP contribution in [0.2, 0.25) is 0 Å². The molecule has 15 heavy (non-hydrogen) atoms. The van der Waals surface area contributed by atoms with Crippen LogP contribution >= 0.6 is 39.0 Å². The van der Waals surface area contributed by atoms with Crippen LogP contribution in [0.15, 0.2) is 15.9 Å². The van der Waals surface area contributed by atoms with Crippen molar-refractivity contribution in [2.75, 3.05) is 24.6 Å². The number of rotatable bonds is 4. The molecule has 2 rings (SSSR count). The SMILES string of the molecule is Brc1csc(CNCC2CSCCN2)c1. The number of thioether (sulfide) groups is 1. The predicted octanol–water partition coefficient (Wildman–Crippen LogP) is 2.31. The third-order valence-corrected chi connectivity index (χ3v) is 5.14. The topological polar surface area (TPSA) is 24.1 Å². The molecular weight excluding hydrogens is 292 g/mol.